The second-order valence-corrected chi connectivity index (χ2v) is 6.26. The highest BCUT2D eigenvalue weighted by Gasteiger charge is 2.19. The molecule has 0 aliphatic carbocycles. The molecule has 0 spiro atoms. The fourth-order valence-corrected chi connectivity index (χ4v) is 2.81. The second kappa shape index (κ2) is 8.40. The van der Waals surface area contributed by atoms with Crippen molar-refractivity contribution in [2.75, 3.05) is 11.9 Å². The summed E-state index contributed by atoms with van der Waals surface area (Å²) in [6.45, 7) is 2.79. The summed E-state index contributed by atoms with van der Waals surface area (Å²) in [5.41, 5.74) is 0.0298. The van der Waals surface area contributed by atoms with Gasteiger partial charge in [0.2, 0.25) is 0 Å². The van der Waals surface area contributed by atoms with E-state index in [1.165, 1.54) is 0 Å². The summed E-state index contributed by atoms with van der Waals surface area (Å²) in [6.07, 6.45) is 3.26. The number of fused-ring (bicyclic) bond motifs is 1. The van der Waals surface area contributed by atoms with Gasteiger partial charge in [0.1, 0.15) is 17.1 Å². The van der Waals surface area contributed by atoms with Crippen LogP contribution in [0.3, 0.4) is 0 Å². The molecule has 3 aromatic rings. The number of H-pyrrole nitrogens is 1. The number of hydrogen-bond donors (Lipinski definition) is 3. The van der Waals surface area contributed by atoms with Gasteiger partial charge in [0.15, 0.2) is 0 Å². The van der Waals surface area contributed by atoms with E-state index in [0.717, 1.165) is 25.0 Å². The Bertz CT molecular complexity index is 993. The molecule has 0 fully saturated rings. The van der Waals surface area contributed by atoms with Crippen LogP contribution in [-0.4, -0.2) is 22.6 Å². The number of pyridine rings is 1. The van der Waals surface area contributed by atoms with Gasteiger partial charge in [-0.15, -0.1) is 0 Å². The lowest BCUT2D eigenvalue weighted by molar-refractivity contribution is 0.102. The minimum absolute atomic E-state index is 0.311. The van der Waals surface area contributed by atoms with Gasteiger partial charge in [-0.05, 0) is 42.8 Å². The zero-order valence-electron chi connectivity index (χ0n) is 15.1. The normalized spacial score (nSPS) is 10.7. The molecule has 2 aromatic carbocycles. The molecule has 1 amide bonds. The number of benzene rings is 2. The van der Waals surface area contributed by atoms with E-state index < -0.39 is 11.5 Å². The van der Waals surface area contributed by atoms with Crippen LogP contribution >= 0.6 is 0 Å². The number of para-hydroxylation sites is 1. The average Bonchev–Trinajstić information content (AvgIpc) is 2.66. The summed E-state index contributed by atoms with van der Waals surface area (Å²) in [5.74, 6) is -0.283. The maximum Gasteiger partial charge on any atom is 0.265 e. The summed E-state index contributed by atoms with van der Waals surface area (Å²) >= 11 is 0. The molecule has 140 valence electrons. The maximum atomic E-state index is 12.5. The van der Waals surface area contributed by atoms with Gasteiger partial charge in [-0.1, -0.05) is 31.9 Å². The lowest BCUT2D eigenvalue weighted by Gasteiger charge is -2.10. The summed E-state index contributed by atoms with van der Waals surface area (Å²) in [5, 5.41) is 13.4. The van der Waals surface area contributed by atoms with Crippen LogP contribution in [0.15, 0.2) is 53.3 Å². The molecule has 6 heteroatoms. The highest BCUT2D eigenvalue weighted by atomic mass is 16.5. The zero-order chi connectivity index (χ0) is 19.2. The number of carbonyl (C=O) groups excluding carboxylic acids is 1. The molecular weight excluding hydrogens is 344 g/mol. The third-order valence-corrected chi connectivity index (χ3v) is 4.25. The molecule has 0 radical (unpaired) electrons. The van der Waals surface area contributed by atoms with E-state index in [1.807, 2.05) is 0 Å². The Hall–Kier alpha value is -3.28. The molecule has 1 heterocycles. The van der Waals surface area contributed by atoms with E-state index in [9.17, 15) is 14.7 Å². The quantitative estimate of drug-likeness (QED) is 0.550. The fraction of sp³-hybridized carbons (Fsp3) is 0.238. The average molecular weight is 366 g/mol. The highest BCUT2D eigenvalue weighted by Crippen LogP contribution is 2.25. The Morgan fingerprint density at radius 3 is 2.59 bits per heavy atom. The van der Waals surface area contributed by atoms with Gasteiger partial charge in [-0.2, -0.15) is 0 Å². The Kier molecular flexibility index (Phi) is 5.76. The SMILES string of the molecule is CCCCCOc1ccc(NC(=O)c2c(O)c3ccccc3[nH]c2=O)cc1. The third kappa shape index (κ3) is 4.28. The van der Waals surface area contributed by atoms with Crippen LogP contribution in [-0.2, 0) is 0 Å². The second-order valence-electron chi connectivity index (χ2n) is 6.26. The van der Waals surface area contributed by atoms with Crippen molar-refractivity contribution in [2.45, 2.75) is 26.2 Å². The molecule has 0 atom stereocenters. The number of amides is 1. The van der Waals surface area contributed by atoms with Crippen molar-refractivity contribution in [1.29, 1.82) is 0 Å². The molecule has 1 aromatic heterocycles. The van der Waals surface area contributed by atoms with Crippen LogP contribution in [0.4, 0.5) is 5.69 Å². The fourth-order valence-electron chi connectivity index (χ4n) is 2.81. The van der Waals surface area contributed by atoms with Crippen molar-refractivity contribution in [2.24, 2.45) is 0 Å². The largest absolute Gasteiger partial charge is 0.506 e. The van der Waals surface area contributed by atoms with Crippen LogP contribution in [0.25, 0.3) is 10.9 Å². The van der Waals surface area contributed by atoms with Gasteiger partial charge in [0.05, 0.1) is 12.1 Å². The topological polar surface area (TPSA) is 91.4 Å². The first kappa shape index (κ1) is 18.5. The van der Waals surface area contributed by atoms with E-state index >= 15 is 0 Å². The number of aromatic hydroxyl groups is 1. The highest BCUT2D eigenvalue weighted by molar-refractivity contribution is 6.08. The molecular formula is C21H22N2O4. The van der Waals surface area contributed by atoms with Gasteiger partial charge in [-0.3, -0.25) is 9.59 Å². The first-order chi connectivity index (χ1) is 13.1. The van der Waals surface area contributed by atoms with Gasteiger partial charge in [0.25, 0.3) is 11.5 Å². The summed E-state index contributed by atoms with van der Waals surface area (Å²) in [6, 6.07) is 13.7. The van der Waals surface area contributed by atoms with Crippen LogP contribution < -0.4 is 15.6 Å². The van der Waals surface area contributed by atoms with E-state index in [0.29, 0.717) is 23.2 Å². The number of aromatic amines is 1. The first-order valence-corrected chi connectivity index (χ1v) is 8.98. The predicted octanol–water partition coefficient (Wildman–Crippen LogP) is 4.06. The molecule has 0 unspecified atom stereocenters. The lowest BCUT2D eigenvalue weighted by atomic mass is 10.1. The predicted molar refractivity (Wildman–Crippen MR) is 106 cm³/mol. The minimum Gasteiger partial charge on any atom is -0.506 e. The Labute approximate surface area is 156 Å². The smallest absolute Gasteiger partial charge is 0.265 e. The standard InChI is InChI=1S/C21H22N2O4/c1-2-3-6-13-27-15-11-9-14(10-12-15)22-20(25)18-19(24)16-7-4-5-8-17(16)23-21(18)26/h4-5,7-12H,2-3,6,13H2,1H3,(H,22,25)(H2,23,24,26). The molecule has 0 aliphatic heterocycles. The van der Waals surface area contributed by atoms with Gasteiger partial charge < -0.3 is 20.1 Å². The molecule has 0 saturated heterocycles. The molecule has 0 bridgehead atoms. The summed E-state index contributed by atoms with van der Waals surface area (Å²) in [4.78, 5) is 27.3. The van der Waals surface area contributed by atoms with E-state index in [1.54, 1.807) is 48.5 Å². The number of rotatable bonds is 7. The summed E-state index contributed by atoms with van der Waals surface area (Å²) in [7, 11) is 0. The number of hydrogen-bond acceptors (Lipinski definition) is 4. The number of unbranched alkanes of at least 4 members (excludes halogenated alkanes) is 2. The Morgan fingerprint density at radius 2 is 1.85 bits per heavy atom. The van der Waals surface area contributed by atoms with Crippen LogP contribution in [0.2, 0.25) is 0 Å². The van der Waals surface area contributed by atoms with Crippen LogP contribution in [0.1, 0.15) is 36.5 Å². The zero-order valence-corrected chi connectivity index (χ0v) is 15.1. The molecule has 6 nitrogen and oxygen atoms in total. The minimum atomic E-state index is -0.670. The lowest BCUT2D eigenvalue weighted by Crippen LogP contribution is -2.23. The number of ether oxygens (including phenoxy) is 1. The van der Waals surface area contributed by atoms with Crippen molar-refractivity contribution in [3.05, 3.63) is 64.4 Å². The Morgan fingerprint density at radius 1 is 1.11 bits per heavy atom. The Balaban J connectivity index is 1.74. The number of aromatic nitrogens is 1. The number of carbonyl (C=O) groups is 1. The molecule has 3 N–H and O–H groups in total. The van der Waals surface area contributed by atoms with Gasteiger partial charge in [0, 0.05) is 11.1 Å². The van der Waals surface area contributed by atoms with Crippen molar-refractivity contribution in [3.63, 3.8) is 0 Å². The molecule has 0 saturated carbocycles. The van der Waals surface area contributed by atoms with Crippen LogP contribution in [0.5, 0.6) is 11.5 Å². The molecule has 0 aliphatic rings. The van der Waals surface area contributed by atoms with Crippen molar-refractivity contribution >= 4 is 22.5 Å². The number of nitrogens with one attached hydrogen (secondary N) is 2. The number of anilines is 1. The molecule has 3 rings (SSSR count). The summed E-state index contributed by atoms with van der Waals surface area (Å²) < 4.78 is 5.63. The third-order valence-electron chi connectivity index (χ3n) is 4.25. The van der Waals surface area contributed by atoms with Crippen molar-refractivity contribution in [3.8, 4) is 11.5 Å². The monoisotopic (exact) mass is 366 g/mol. The van der Waals surface area contributed by atoms with E-state index in [-0.39, 0.29) is 11.3 Å². The van der Waals surface area contributed by atoms with Crippen molar-refractivity contribution < 1.29 is 14.6 Å². The maximum absolute atomic E-state index is 12.5. The van der Waals surface area contributed by atoms with Crippen molar-refractivity contribution in [1.82, 2.24) is 4.98 Å². The van der Waals surface area contributed by atoms with Gasteiger partial charge >= 0.3 is 0 Å². The van der Waals surface area contributed by atoms with E-state index in [2.05, 4.69) is 17.2 Å². The van der Waals surface area contributed by atoms with Gasteiger partial charge in [-0.25, -0.2) is 0 Å². The van der Waals surface area contributed by atoms with E-state index in [4.69, 9.17) is 4.74 Å². The van der Waals surface area contributed by atoms with Crippen LogP contribution in [0, 0.1) is 0 Å². The molecule has 27 heavy (non-hydrogen) atoms. The first-order valence-electron chi connectivity index (χ1n) is 8.98.